The van der Waals surface area contributed by atoms with Crippen molar-refractivity contribution in [2.45, 2.75) is 25.4 Å². The lowest BCUT2D eigenvalue weighted by Crippen LogP contribution is -2.08. The van der Waals surface area contributed by atoms with E-state index in [0.29, 0.717) is 11.8 Å². The molecule has 0 amide bonds. The number of nitrogens with zero attached hydrogens (tertiary/aromatic N) is 1. The maximum absolute atomic E-state index is 8.79. The summed E-state index contributed by atoms with van der Waals surface area (Å²) in [5.41, 5.74) is 1.02. The lowest BCUT2D eigenvalue weighted by molar-refractivity contribution is 0.240. The molecule has 1 aliphatic rings. The van der Waals surface area contributed by atoms with Gasteiger partial charge >= 0.3 is 0 Å². The molecule has 72 valence electrons. The molecule has 1 aromatic heterocycles. The molecule has 0 radical (unpaired) electrons. The van der Waals surface area contributed by atoms with Gasteiger partial charge in [0.15, 0.2) is 0 Å². The first-order chi connectivity index (χ1) is 6.40. The Kier molecular flexibility index (Phi) is 2.90. The van der Waals surface area contributed by atoms with Crippen molar-refractivity contribution in [2.75, 3.05) is 11.5 Å². The largest absolute Gasteiger partial charge is 0.446 e. The quantitative estimate of drug-likeness (QED) is 0.788. The van der Waals surface area contributed by atoms with Crippen molar-refractivity contribution < 1.29 is 9.52 Å². The Morgan fingerprint density at radius 1 is 1.54 bits per heavy atom. The highest BCUT2D eigenvalue weighted by Crippen LogP contribution is 2.30. The van der Waals surface area contributed by atoms with Crippen molar-refractivity contribution >= 4 is 11.8 Å². The van der Waals surface area contributed by atoms with Crippen LogP contribution < -0.4 is 0 Å². The van der Waals surface area contributed by atoms with Gasteiger partial charge in [-0.05, 0) is 24.3 Å². The van der Waals surface area contributed by atoms with Crippen molar-refractivity contribution in [2.24, 2.45) is 0 Å². The van der Waals surface area contributed by atoms with Crippen LogP contribution in [-0.4, -0.2) is 21.6 Å². The Morgan fingerprint density at radius 2 is 2.31 bits per heavy atom. The molecule has 0 spiro atoms. The molecule has 1 aromatic rings. The molecule has 4 heteroatoms. The Balaban J connectivity index is 2.05. The normalized spacial score (nSPS) is 19.2. The Morgan fingerprint density at radius 3 is 2.92 bits per heavy atom. The number of aliphatic hydroxyl groups excluding tert-OH is 1. The molecule has 13 heavy (non-hydrogen) atoms. The fourth-order valence-electron chi connectivity index (χ4n) is 1.58. The molecule has 1 fully saturated rings. The molecule has 2 rings (SSSR count). The first kappa shape index (κ1) is 9.09. The number of hydrogen-bond acceptors (Lipinski definition) is 4. The predicted molar refractivity (Wildman–Crippen MR) is 51.7 cm³/mol. The highest BCUT2D eigenvalue weighted by molar-refractivity contribution is 7.99. The number of thioether (sulfide) groups is 1. The lowest BCUT2D eigenvalue weighted by atomic mass is 10.00. The summed E-state index contributed by atoms with van der Waals surface area (Å²) in [6.07, 6.45) is 4.05. The molecular weight excluding hydrogens is 186 g/mol. The van der Waals surface area contributed by atoms with Gasteiger partial charge in [-0.3, -0.25) is 0 Å². The minimum absolute atomic E-state index is 0.0958. The molecule has 0 saturated carbocycles. The molecule has 0 bridgehead atoms. The summed E-state index contributed by atoms with van der Waals surface area (Å²) in [7, 11) is 0. The topological polar surface area (TPSA) is 46.3 Å². The van der Waals surface area contributed by atoms with Gasteiger partial charge in [0.25, 0.3) is 0 Å². The first-order valence-electron chi connectivity index (χ1n) is 4.53. The molecule has 0 aromatic carbocycles. The third-order valence-corrected chi connectivity index (χ3v) is 3.39. The number of rotatable bonds is 2. The fourth-order valence-corrected chi connectivity index (χ4v) is 2.69. The van der Waals surface area contributed by atoms with E-state index in [2.05, 4.69) is 4.98 Å². The lowest BCUT2D eigenvalue weighted by Gasteiger charge is -2.18. The maximum atomic E-state index is 8.79. The highest BCUT2D eigenvalue weighted by atomic mass is 32.2. The van der Waals surface area contributed by atoms with Crippen LogP contribution >= 0.6 is 11.8 Å². The van der Waals surface area contributed by atoms with Gasteiger partial charge in [0.05, 0.1) is 5.69 Å². The van der Waals surface area contributed by atoms with E-state index in [0.717, 1.165) is 5.69 Å². The summed E-state index contributed by atoms with van der Waals surface area (Å²) >= 11 is 2.00. The van der Waals surface area contributed by atoms with E-state index in [4.69, 9.17) is 9.52 Å². The van der Waals surface area contributed by atoms with Crippen molar-refractivity contribution in [3.63, 3.8) is 0 Å². The van der Waals surface area contributed by atoms with E-state index in [-0.39, 0.29) is 6.61 Å². The zero-order valence-corrected chi connectivity index (χ0v) is 8.22. The van der Waals surface area contributed by atoms with E-state index in [1.807, 2.05) is 11.8 Å². The number of aromatic nitrogens is 1. The van der Waals surface area contributed by atoms with Gasteiger partial charge in [-0.2, -0.15) is 11.8 Å². The molecular formula is C9H13NO2S. The minimum Gasteiger partial charge on any atom is -0.446 e. The summed E-state index contributed by atoms with van der Waals surface area (Å²) < 4.78 is 5.10. The SMILES string of the molecule is OCc1nc(C2CCSCC2)co1. The molecule has 0 aliphatic carbocycles. The van der Waals surface area contributed by atoms with Crippen LogP contribution in [0.2, 0.25) is 0 Å². The van der Waals surface area contributed by atoms with E-state index >= 15 is 0 Å². The van der Waals surface area contributed by atoms with Crippen molar-refractivity contribution in [1.82, 2.24) is 4.98 Å². The van der Waals surface area contributed by atoms with E-state index in [1.165, 1.54) is 24.3 Å². The predicted octanol–water partition coefficient (Wildman–Crippen LogP) is 1.78. The van der Waals surface area contributed by atoms with E-state index in [9.17, 15) is 0 Å². The fraction of sp³-hybridized carbons (Fsp3) is 0.667. The van der Waals surface area contributed by atoms with Crippen LogP contribution in [0.25, 0.3) is 0 Å². The van der Waals surface area contributed by atoms with Crippen molar-refractivity contribution in [3.05, 3.63) is 17.8 Å². The van der Waals surface area contributed by atoms with Crippen LogP contribution in [0.1, 0.15) is 30.3 Å². The summed E-state index contributed by atoms with van der Waals surface area (Å²) in [4.78, 5) is 4.23. The zero-order valence-electron chi connectivity index (χ0n) is 7.40. The summed E-state index contributed by atoms with van der Waals surface area (Å²) in [6, 6.07) is 0. The molecule has 3 nitrogen and oxygen atoms in total. The van der Waals surface area contributed by atoms with Crippen LogP contribution in [0.3, 0.4) is 0 Å². The average Bonchev–Trinajstić information content (AvgIpc) is 2.67. The molecule has 1 saturated heterocycles. The van der Waals surface area contributed by atoms with Crippen LogP contribution in [0, 0.1) is 0 Å². The third kappa shape index (κ3) is 2.06. The van der Waals surface area contributed by atoms with Crippen LogP contribution in [0.15, 0.2) is 10.7 Å². The first-order valence-corrected chi connectivity index (χ1v) is 5.68. The molecule has 2 heterocycles. The van der Waals surface area contributed by atoms with Gasteiger partial charge < -0.3 is 9.52 Å². The van der Waals surface area contributed by atoms with Crippen molar-refractivity contribution in [1.29, 1.82) is 0 Å². The second-order valence-corrected chi connectivity index (χ2v) is 4.44. The maximum Gasteiger partial charge on any atom is 0.219 e. The molecule has 0 unspecified atom stereocenters. The summed E-state index contributed by atoms with van der Waals surface area (Å²) in [6.45, 7) is -0.0958. The van der Waals surface area contributed by atoms with Crippen LogP contribution in [0.4, 0.5) is 0 Å². The van der Waals surface area contributed by atoms with E-state index < -0.39 is 0 Å². The van der Waals surface area contributed by atoms with Gasteiger partial charge in [0.2, 0.25) is 5.89 Å². The molecule has 0 atom stereocenters. The monoisotopic (exact) mass is 199 g/mol. The standard InChI is InChI=1S/C9H13NO2S/c11-5-9-10-8(6-12-9)7-1-3-13-4-2-7/h6-7,11H,1-5H2. The van der Waals surface area contributed by atoms with E-state index in [1.54, 1.807) is 6.26 Å². The smallest absolute Gasteiger partial charge is 0.219 e. The van der Waals surface area contributed by atoms with Gasteiger partial charge in [-0.1, -0.05) is 0 Å². The summed E-state index contributed by atoms with van der Waals surface area (Å²) in [5.74, 6) is 3.41. The van der Waals surface area contributed by atoms with Crippen molar-refractivity contribution in [3.8, 4) is 0 Å². The Bertz CT molecular complexity index is 268. The zero-order chi connectivity index (χ0) is 9.10. The second-order valence-electron chi connectivity index (χ2n) is 3.21. The van der Waals surface area contributed by atoms with Gasteiger partial charge in [0, 0.05) is 5.92 Å². The number of aliphatic hydroxyl groups is 1. The van der Waals surface area contributed by atoms with Gasteiger partial charge in [-0.25, -0.2) is 4.98 Å². The van der Waals surface area contributed by atoms with Crippen LogP contribution in [0.5, 0.6) is 0 Å². The second kappa shape index (κ2) is 4.15. The minimum atomic E-state index is -0.0958. The Hall–Kier alpha value is -0.480. The Labute approximate surface area is 81.5 Å². The number of oxazole rings is 1. The van der Waals surface area contributed by atoms with Crippen LogP contribution in [-0.2, 0) is 6.61 Å². The molecule has 1 aliphatic heterocycles. The highest BCUT2D eigenvalue weighted by Gasteiger charge is 2.18. The summed E-state index contributed by atoms with van der Waals surface area (Å²) in [5, 5.41) is 8.79. The van der Waals surface area contributed by atoms with Gasteiger partial charge in [0.1, 0.15) is 12.9 Å². The third-order valence-electron chi connectivity index (χ3n) is 2.34. The number of hydrogen-bond donors (Lipinski definition) is 1. The average molecular weight is 199 g/mol. The molecule has 1 N–H and O–H groups in total. The van der Waals surface area contributed by atoms with Gasteiger partial charge in [-0.15, -0.1) is 0 Å².